The van der Waals surface area contributed by atoms with Crippen LogP contribution in [0.3, 0.4) is 0 Å². The first-order valence-electron chi connectivity index (χ1n) is 7.31. The maximum Gasteiger partial charge on any atom is 0.339 e. The van der Waals surface area contributed by atoms with E-state index in [-0.39, 0.29) is 11.3 Å². The highest BCUT2D eigenvalue weighted by Crippen LogP contribution is 2.23. The fourth-order valence-corrected chi connectivity index (χ4v) is 2.16. The van der Waals surface area contributed by atoms with E-state index in [0.717, 1.165) is 6.42 Å². The number of benzene rings is 2. The average Bonchev–Trinajstić information content (AvgIpc) is 2.50. The van der Waals surface area contributed by atoms with E-state index in [1.807, 2.05) is 6.92 Å². The van der Waals surface area contributed by atoms with Crippen molar-refractivity contribution < 1.29 is 19.4 Å². The third-order valence-electron chi connectivity index (χ3n) is 3.33. The second kappa shape index (κ2) is 7.45. The van der Waals surface area contributed by atoms with Gasteiger partial charge < -0.3 is 15.2 Å². The fraction of sp³-hybridized carbons (Fsp3) is 0.222. The molecule has 2 aromatic carbocycles. The number of hydrogen-bond donors (Lipinski definition) is 2. The van der Waals surface area contributed by atoms with Crippen molar-refractivity contribution in [2.24, 2.45) is 0 Å². The van der Waals surface area contributed by atoms with Crippen molar-refractivity contribution in [2.45, 2.75) is 20.3 Å². The summed E-state index contributed by atoms with van der Waals surface area (Å²) in [6.45, 7) is 3.95. The van der Waals surface area contributed by atoms with Crippen LogP contribution in [0, 0.1) is 6.92 Å². The number of nitrogens with one attached hydrogen (secondary N) is 1. The number of carboxylic acids is 1. The summed E-state index contributed by atoms with van der Waals surface area (Å²) in [5, 5.41) is 12.4. The van der Waals surface area contributed by atoms with E-state index in [4.69, 9.17) is 4.74 Å². The van der Waals surface area contributed by atoms with Crippen molar-refractivity contribution in [1.82, 2.24) is 0 Å². The Morgan fingerprint density at radius 3 is 2.43 bits per heavy atom. The predicted molar refractivity (Wildman–Crippen MR) is 88.1 cm³/mol. The molecule has 5 heteroatoms. The van der Waals surface area contributed by atoms with Crippen LogP contribution in [0.4, 0.5) is 5.69 Å². The molecular weight excluding hydrogens is 294 g/mol. The van der Waals surface area contributed by atoms with Crippen LogP contribution in [0.1, 0.15) is 28.4 Å². The maximum atomic E-state index is 11.3. The Hall–Kier alpha value is -2.82. The third kappa shape index (κ3) is 4.85. The van der Waals surface area contributed by atoms with Crippen LogP contribution in [-0.2, 0) is 11.2 Å². The lowest BCUT2D eigenvalue weighted by Gasteiger charge is -2.10. The number of rotatable bonds is 6. The van der Waals surface area contributed by atoms with Crippen LogP contribution >= 0.6 is 0 Å². The number of carbonyl (C=O) groups is 2. The van der Waals surface area contributed by atoms with Gasteiger partial charge in [-0.2, -0.15) is 0 Å². The van der Waals surface area contributed by atoms with Crippen LogP contribution in [-0.4, -0.2) is 23.6 Å². The van der Waals surface area contributed by atoms with Gasteiger partial charge >= 0.3 is 11.9 Å². The molecule has 0 radical (unpaired) electrons. The molecule has 0 atom stereocenters. The molecule has 0 bridgehead atoms. The van der Waals surface area contributed by atoms with Gasteiger partial charge in [0.05, 0.1) is 0 Å². The maximum absolute atomic E-state index is 11.3. The van der Waals surface area contributed by atoms with Gasteiger partial charge in [0.2, 0.25) is 0 Å². The van der Waals surface area contributed by atoms with Gasteiger partial charge in [-0.25, -0.2) is 4.79 Å². The summed E-state index contributed by atoms with van der Waals surface area (Å²) < 4.78 is 4.90. The van der Waals surface area contributed by atoms with Gasteiger partial charge in [-0.3, -0.25) is 4.79 Å². The molecular formula is C18H19NO4. The van der Waals surface area contributed by atoms with Crippen molar-refractivity contribution >= 4 is 17.6 Å². The van der Waals surface area contributed by atoms with Gasteiger partial charge in [-0.15, -0.1) is 0 Å². The number of esters is 1. The summed E-state index contributed by atoms with van der Waals surface area (Å²) >= 11 is 0. The minimum absolute atomic E-state index is 0.0412. The predicted octanol–water partition coefficient (Wildman–Crippen LogP) is 3.27. The molecule has 0 saturated carbocycles. The zero-order valence-corrected chi connectivity index (χ0v) is 13.1. The van der Waals surface area contributed by atoms with Crippen LogP contribution in [0.5, 0.6) is 5.75 Å². The summed E-state index contributed by atoms with van der Waals surface area (Å²) in [5.41, 5.74) is 3.05. The van der Waals surface area contributed by atoms with E-state index in [9.17, 15) is 14.7 Å². The molecule has 0 aliphatic carbocycles. The summed E-state index contributed by atoms with van der Waals surface area (Å²) in [7, 11) is 0. The molecule has 0 amide bonds. The van der Waals surface area contributed by atoms with Crippen LogP contribution in [0.25, 0.3) is 0 Å². The molecule has 23 heavy (non-hydrogen) atoms. The van der Waals surface area contributed by atoms with Crippen molar-refractivity contribution in [3.63, 3.8) is 0 Å². The minimum atomic E-state index is -1.14. The van der Waals surface area contributed by atoms with E-state index in [2.05, 4.69) is 29.6 Å². The van der Waals surface area contributed by atoms with Crippen molar-refractivity contribution in [3.8, 4) is 5.75 Å². The molecule has 0 aliphatic rings. The summed E-state index contributed by atoms with van der Waals surface area (Å²) in [5.74, 6) is -1.63. The molecule has 5 nitrogen and oxygen atoms in total. The van der Waals surface area contributed by atoms with Crippen LogP contribution in [0.2, 0.25) is 0 Å². The quantitative estimate of drug-likeness (QED) is 0.632. The Kier molecular flexibility index (Phi) is 5.36. The second-order valence-corrected chi connectivity index (χ2v) is 5.27. The van der Waals surface area contributed by atoms with Gasteiger partial charge in [0.1, 0.15) is 11.3 Å². The van der Waals surface area contributed by atoms with Gasteiger partial charge in [0, 0.05) is 19.2 Å². The Balaban J connectivity index is 2.02. The number of aromatic carboxylic acids is 1. The molecule has 2 aromatic rings. The summed E-state index contributed by atoms with van der Waals surface area (Å²) in [6, 6.07) is 12.9. The van der Waals surface area contributed by atoms with Gasteiger partial charge in [0.25, 0.3) is 0 Å². The number of aryl methyl sites for hydroxylation is 1. The molecule has 0 fully saturated rings. The van der Waals surface area contributed by atoms with Gasteiger partial charge in [-0.05, 0) is 37.1 Å². The highest BCUT2D eigenvalue weighted by Gasteiger charge is 2.13. The molecule has 0 aromatic heterocycles. The number of carboxylic acid groups (broad SMARTS) is 1. The monoisotopic (exact) mass is 313 g/mol. The van der Waals surface area contributed by atoms with Gasteiger partial charge in [0.15, 0.2) is 0 Å². The van der Waals surface area contributed by atoms with Crippen molar-refractivity contribution in [3.05, 3.63) is 59.2 Å². The molecule has 0 saturated heterocycles. The molecule has 0 heterocycles. The van der Waals surface area contributed by atoms with Crippen molar-refractivity contribution in [2.75, 3.05) is 11.9 Å². The normalized spacial score (nSPS) is 10.2. The smallest absolute Gasteiger partial charge is 0.339 e. The lowest BCUT2D eigenvalue weighted by Crippen LogP contribution is -2.09. The largest absolute Gasteiger partial charge is 0.478 e. The molecule has 0 unspecified atom stereocenters. The zero-order chi connectivity index (χ0) is 16.8. The molecule has 0 aliphatic heterocycles. The number of anilines is 1. The Morgan fingerprint density at radius 1 is 1.13 bits per heavy atom. The van der Waals surface area contributed by atoms with Gasteiger partial charge in [-0.1, -0.05) is 29.8 Å². The SMILES string of the molecule is CC(=O)Oc1ccc(NCCc2ccc(C)cc2)cc1C(=O)O. The molecule has 120 valence electrons. The number of hydrogen-bond acceptors (Lipinski definition) is 4. The third-order valence-corrected chi connectivity index (χ3v) is 3.33. The minimum Gasteiger partial charge on any atom is -0.478 e. The lowest BCUT2D eigenvalue weighted by atomic mass is 10.1. The molecule has 2 N–H and O–H groups in total. The van der Waals surface area contributed by atoms with E-state index in [1.54, 1.807) is 6.07 Å². The number of carbonyl (C=O) groups excluding carboxylic acids is 1. The van der Waals surface area contributed by atoms with Crippen LogP contribution in [0.15, 0.2) is 42.5 Å². The lowest BCUT2D eigenvalue weighted by molar-refractivity contribution is -0.131. The van der Waals surface area contributed by atoms with Crippen LogP contribution < -0.4 is 10.1 Å². The van der Waals surface area contributed by atoms with E-state index in [0.29, 0.717) is 12.2 Å². The highest BCUT2D eigenvalue weighted by atomic mass is 16.5. The Morgan fingerprint density at radius 2 is 1.83 bits per heavy atom. The first-order chi connectivity index (χ1) is 11.0. The summed E-state index contributed by atoms with van der Waals surface area (Å²) in [6.07, 6.45) is 0.828. The van der Waals surface area contributed by atoms with Crippen molar-refractivity contribution in [1.29, 1.82) is 0 Å². The topological polar surface area (TPSA) is 75.6 Å². The fourth-order valence-electron chi connectivity index (χ4n) is 2.16. The van der Waals surface area contributed by atoms with E-state index in [1.165, 1.54) is 30.2 Å². The highest BCUT2D eigenvalue weighted by molar-refractivity contribution is 5.93. The summed E-state index contributed by atoms with van der Waals surface area (Å²) in [4.78, 5) is 22.3. The first-order valence-corrected chi connectivity index (χ1v) is 7.31. The van der Waals surface area contributed by atoms with E-state index < -0.39 is 11.9 Å². The Bertz CT molecular complexity index is 707. The molecule has 0 spiro atoms. The Labute approximate surface area is 134 Å². The second-order valence-electron chi connectivity index (χ2n) is 5.27. The molecule has 2 rings (SSSR count). The average molecular weight is 313 g/mol. The number of ether oxygens (including phenoxy) is 1. The first kappa shape index (κ1) is 16.5. The zero-order valence-electron chi connectivity index (χ0n) is 13.1. The van der Waals surface area contributed by atoms with E-state index >= 15 is 0 Å². The standard InChI is InChI=1S/C18H19NO4/c1-12-3-5-14(6-4-12)9-10-19-15-7-8-17(23-13(2)20)16(11-15)18(21)22/h3-8,11,19H,9-10H2,1-2H3,(H,21,22).